The van der Waals surface area contributed by atoms with Crippen molar-refractivity contribution in [3.05, 3.63) is 0 Å². The van der Waals surface area contributed by atoms with E-state index in [0.717, 1.165) is 0 Å². The highest BCUT2D eigenvalue weighted by atomic mass is 19.3. The Morgan fingerprint density at radius 3 is 1.80 bits per heavy atom. The lowest BCUT2D eigenvalue weighted by Gasteiger charge is -1.81. The number of alkyl halides is 2. The van der Waals surface area contributed by atoms with E-state index >= 15 is 0 Å². The lowest BCUT2D eigenvalue weighted by Crippen LogP contribution is -1.83. The van der Waals surface area contributed by atoms with Crippen LogP contribution in [0, 0.1) is 0 Å². The van der Waals surface area contributed by atoms with Crippen molar-refractivity contribution in [2.75, 3.05) is 0 Å². The summed E-state index contributed by atoms with van der Waals surface area (Å²) in [6, 6.07) is 0. The summed E-state index contributed by atoms with van der Waals surface area (Å²) in [5.41, 5.74) is 0. The molecule has 0 aromatic carbocycles. The second kappa shape index (κ2) is 2.18. The highest BCUT2D eigenvalue weighted by Crippen LogP contribution is 1.92. The van der Waals surface area contributed by atoms with E-state index in [9.17, 15) is 8.78 Å². The predicted molar refractivity (Wildman–Crippen MR) is 16.6 cm³/mol. The Kier molecular flexibility index (Phi) is 2.15. The Labute approximate surface area is 30.6 Å². The molecule has 0 atom stereocenters. The van der Waals surface area contributed by atoms with Crippen molar-refractivity contribution in [1.29, 1.82) is 0 Å². The van der Waals surface area contributed by atoms with Crippen molar-refractivity contribution in [3.63, 3.8) is 0 Å². The van der Waals surface area contributed by atoms with Gasteiger partial charge in [-0.05, 0) is 6.32 Å². The molecule has 2 radical (unpaired) electrons. The van der Waals surface area contributed by atoms with Gasteiger partial charge < -0.3 is 0 Å². The van der Waals surface area contributed by atoms with E-state index in [4.69, 9.17) is 0 Å². The summed E-state index contributed by atoms with van der Waals surface area (Å²) in [4.78, 5) is 0. The molecule has 0 amide bonds. The first-order valence-electron chi connectivity index (χ1n) is 1.25. The number of halogens is 2. The molecular formula is C2H3BF2. The fraction of sp³-hybridized carbons (Fsp3) is 1.00. The van der Waals surface area contributed by atoms with Crippen LogP contribution in [0.5, 0.6) is 0 Å². The van der Waals surface area contributed by atoms with Crippen LogP contribution in [-0.2, 0) is 0 Å². The average molecular weight is 75.9 g/mol. The zero-order valence-electron chi connectivity index (χ0n) is 2.62. The normalized spacial score (nSPS) is 9.40. The van der Waals surface area contributed by atoms with Gasteiger partial charge >= 0.3 is 0 Å². The van der Waals surface area contributed by atoms with E-state index in [0.29, 0.717) is 0 Å². The molecule has 0 spiro atoms. The van der Waals surface area contributed by atoms with Gasteiger partial charge in [0.1, 0.15) is 0 Å². The van der Waals surface area contributed by atoms with Crippen LogP contribution in [0.2, 0.25) is 6.32 Å². The van der Waals surface area contributed by atoms with Gasteiger partial charge in [0.15, 0.2) is 0 Å². The highest BCUT2D eigenvalue weighted by Gasteiger charge is 1.90. The quantitative estimate of drug-likeness (QED) is 0.406. The van der Waals surface area contributed by atoms with Crippen LogP contribution >= 0.6 is 0 Å². The zero-order valence-corrected chi connectivity index (χ0v) is 2.62. The molecule has 3 heteroatoms. The third-order valence-electron chi connectivity index (χ3n) is 0.178. The van der Waals surface area contributed by atoms with Gasteiger partial charge in [-0.15, -0.1) is 0 Å². The number of hydrogen-bond acceptors (Lipinski definition) is 0. The minimum atomic E-state index is -2.34. The first-order valence-corrected chi connectivity index (χ1v) is 1.25. The second-order valence-corrected chi connectivity index (χ2v) is 0.627. The maximum atomic E-state index is 10.6. The minimum absolute atomic E-state index is 0.528. The van der Waals surface area contributed by atoms with Crippen LogP contribution in [0.4, 0.5) is 8.78 Å². The summed E-state index contributed by atoms with van der Waals surface area (Å²) in [5, 5.41) is 0. The molecule has 0 heterocycles. The molecule has 0 N–H and O–H groups in total. The summed E-state index contributed by atoms with van der Waals surface area (Å²) in [5.74, 6) is 0. The molecule has 0 bridgehead atoms. The third-order valence-corrected chi connectivity index (χ3v) is 0.178. The van der Waals surface area contributed by atoms with E-state index in [-0.39, 0.29) is 0 Å². The monoisotopic (exact) mass is 76.0 g/mol. The summed E-state index contributed by atoms with van der Waals surface area (Å²) < 4.78 is 21.3. The molecule has 0 aliphatic heterocycles. The lowest BCUT2D eigenvalue weighted by atomic mass is 10.1. The molecule has 0 saturated heterocycles. The first kappa shape index (κ1) is 4.92. The lowest BCUT2D eigenvalue weighted by molar-refractivity contribution is 0.172. The number of hydrogen-bond donors (Lipinski definition) is 0. The SMILES string of the molecule is [B]CC(F)F. The van der Waals surface area contributed by atoms with Crippen LogP contribution in [0.3, 0.4) is 0 Å². The van der Waals surface area contributed by atoms with E-state index in [1.54, 1.807) is 0 Å². The molecule has 0 aromatic rings. The number of rotatable bonds is 1. The van der Waals surface area contributed by atoms with Gasteiger partial charge in [0.05, 0.1) is 7.85 Å². The van der Waals surface area contributed by atoms with Crippen LogP contribution in [0.15, 0.2) is 0 Å². The molecule has 0 aliphatic carbocycles. The summed E-state index contributed by atoms with van der Waals surface area (Å²) in [6.07, 6.45) is -2.87. The largest absolute Gasteiger partial charge is 0.231 e. The average Bonchev–Trinajstić information content (AvgIpc) is 1.38. The standard InChI is InChI=1S/C2H3BF2/c3-1-2(4)5/h2H,1H2. The van der Waals surface area contributed by atoms with E-state index in [2.05, 4.69) is 7.85 Å². The Hall–Kier alpha value is -0.0751. The van der Waals surface area contributed by atoms with Gasteiger partial charge in [-0.25, -0.2) is 8.78 Å². The van der Waals surface area contributed by atoms with Crippen LogP contribution in [-0.4, -0.2) is 14.3 Å². The fourth-order valence-electron chi connectivity index (χ4n) is 0. The molecule has 0 aliphatic rings. The molecule has 0 unspecified atom stereocenters. The van der Waals surface area contributed by atoms with Crippen molar-refractivity contribution in [2.45, 2.75) is 12.7 Å². The molecular weight excluding hydrogens is 72.8 g/mol. The van der Waals surface area contributed by atoms with E-state index in [1.807, 2.05) is 0 Å². The highest BCUT2D eigenvalue weighted by molar-refractivity contribution is 6.08. The fourth-order valence-corrected chi connectivity index (χ4v) is 0. The maximum absolute atomic E-state index is 10.6. The van der Waals surface area contributed by atoms with Crippen molar-refractivity contribution >= 4 is 7.85 Å². The zero-order chi connectivity index (χ0) is 4.28. The van der Waals surface area contributed by atoms with Gasteiger partial charge in [-0.2, -0.15) is 0 Å². The van der Waals surface area contributed by atoms with Gasteiger partial charge in [0, 0.05) is 0 Å². The van der Waals surface area contributed by atoms with Gasteiger partial charge in [-0.3, -0.25) is 0 Å². The first-order chi connectivity index (χ1) is 2.27. The molecule has 28 valence electrons. The topological polar surface area (TPSA) is 0 Å². The second-order valence-electron chi connectivity index (χ2n) is 0.627. The Balaban J connectivity index is 2.54. The Morgan fingerprint density at radius 1 is 1.60 bits per heavy atom. The third kappa shape index (κ3) is 3.92. The molecule has 0 nitrogen and oxygen atoms in total. The predicted octanol–water partition coefficient (Wildman–Crippen LogP) is 0.838. The molecule has 0 saturated carbocycles. The maximum Gasteiger partial charge on any atom is 0.231 e. The van der Waals surface area contributed by atoms with Crippen LogP contribution < -0.4 is 0 Å². The molecule has 0 aromatic heterocycles. The van der Waals surface area contributed by atoms with Crippen LogP contribution in [0.1, 0.15) is 0 Å². The van der Waals surface area contributed by atoms with Gasteiger partial charge in [0.25, 0.3) is 0 Å². The molecule has 0 fully saturated rings. The smallest absolute Gasteiger partial charge is 0.211 e. The van der Waals surface area contributed by atoms with E-state index < -0.39 is 12.7 Å². The molecule has 0 rings (SSSR count). The van der Waals surface area contributed by atoms with Crippen LogP contribution in [0.25, 0.3) is 0 Å². The summed E-state index contributed by atoms with van der Waals surface area (Å²) in [7, 11) is 4.42. The summed E-state index contributed by atoms with van der Waals surface area (Å²) >= 11 is 0. The van der Waals surface area contributed by atoms with Gasteiger partial charge in [0.2, 0.25) is 6.43 Å². The van der Waals surface area contributed by atoms with Crippen molar-refractivity contribution < 1.29 is 8.78 Å². The van der Waals surface area contributed by atoms with Gasteiger partial charge in [-0.1, -0.05) is 0 Å². The summed E-state index contributed by atoms with van der Waals surface area (Å²) in [6.45, 7) is 0. The minimum Gasteiger partial charge on any atom is -0.211 e. The van der Waals surface area contributed by atoms with Crippen molar-refractivity contribution in [2.24, 2.45) is 0 Å². The Bertz CT molecular complexity index is 21.6. The van der Waals surface area contributed by atoms with Crippen molar-refractivity contribution in [3.8, 4) is 0 Å². The Morgan fingerprint density at radius 2 is 1.80 bits per heavy atom. The van der Waals surface area contributed by atoms with E-state index in [1.165, 1.54) is 0 Å². The van der Waals surface area contributed by atoms with Crippen molar-refractivity contribution in [1.82, 2.24) is 0 Å². The molecule has 5 heavy (non-hydrogen) atoms.